The van der Waals surface area contributed by atoms with Gasteiger partial charge in [0, 0.05) is 0 Å². The first-order valence-electron chi connectivity index (χ1n) is 7.08. The van der Waals surface area contributed by atoms with Gasteiger partial charge in [0.2, 0.25) is 0 Å². The third kappa shape index (κ3) is 3.65. The number of aliphatic hydroxyl groups is 8. The zero-order valence-electron chi connectivity index (χ0n) is 12.0. The van der Waals surface area contributed by atoms with Crippen molar-refractivity contribution in [2.24, 2.45) is 0 Å². The molecule has 0 amide bonds. The standard InChI is InChI=1S/C12H22O11/c13-1-3-5(15)6(16)9(19)12(22-3)23-10-4(2-14)21-11(20)8(18)7(10)17/h3-20H,1-2H2/t3-,4-,5-,6+,7-,8-,9-,10-,11?,12+/m0/s1. The van der Waals surface area contributed by atoms with Gasteiger partial charge in [-0.3, -0.25) is 0 Å². The van der Waals surface area contributed by atoms with E-state index in [0.29, 0.717) is 0 Å². The molecule has 23 heavy (non-hydrogen) atoms. The van der Waals surface area contributed by atoms with Gasteiger partial charge in [-0.1, -0.05) is 0 Å². The SMILES string of the molecule is OC[C@@H]1O[C@H](O[C@@H]2[C@@H](O)[C@H](O)C(O)O[C@H]2CO)[C@@H](O)[C@H](O)[C@H]1O. The Morgan fingerprint density at radius 1 is 0.652 bits per heavy atom. The number of ether oxygens (including phenoxy) is 3. The fraction of sp³-hybridized carbons (Fsp3) is 1.00. The predicted octanol–water partition coefficient (Wildman–Crippen LogP) is -5.40. The van der Waals surface area contributed by atoms with Crippen molar-refractivity contribution in [3.05, 3.63) is 0 Å². The van der Waals surface area contributed by atoms with Crippen LogP contribution in [0.15, 0.2) is 0 Å². The second-order valence-corrected chi connectivity index (χ2v) is 5.53. The second kappa shape index (κ2) is 7.63. The van der Waals surface area contributed by atoms with Crippen molar-refractivity contribution in [1.29, 1.82) is 0 Å². The highest BCUT2D eigenvalue weighted by atomic mass is 16.7. The largest absolute Gasteiger partial charge is 0.394 e. The Morgan fingerprint density at radius 3 is 1.83 bits per heavy atom. The molecule has 11 nitrogen and oxygen atoms in total. The van der Waals surface area contributed by atoms with Crippen LogP contribution < -0.4 is 0 Å². The molecule has 0 aromatic heterocycles. The summed E-state index contributed by atoms with van der Waals surface area (Å²) in [6.45, 7) is -1.35. The number of rotatable bonds is 4. The van der Waals surface area contributed by atoms with Crippen LogP contribution in [-0.2, 0) is 14.2 Å². The Morgan fingerprint density at radius 2 is 1.26 bits per heavy atom. The molecule has 8 N–H and O–H groups in total. The summed E-state index contributed by atoms with van der Waals surface area (Å²) in [5.41, 5.74) is 0. The van der Waals surface area contributed by atoms with E-state index in [1.807, 2.05) is 0 Å². The van der Waals surface area contributed by atoms with Crippen LogP contribution in [0, 0.1) is 0 Å². The highest BCUT2D eigenvalue weighted by Crippen LogP contribution is 2.28. The molecule has 2 rings (SSSR count). The van der Waals surface area contributed by atoms with E-state index in [4.69, 9.17) is 19.3 Å². The summed E-state index contributed by atoms with van der Waals surface area (Å²) in [5.74, 6) is 0. The van der Waals surface area contributed by atoms with Crippen molar-refractivity contribution < 1.29 is 55.1 Å². The summed E-state index contributed by atoms with van der Waals surface area (Å²) in [6.07, 6.45) is -15.6. The maximum atomic E-state index is 9.94. The first-order valence-corrected chi connectivity index (χ1v) is 7.08. The Kier molecular flexibility index (Phi) is 6.27. The van der Waals surface area contributed by atoms with Gasteiger partial charge in [-0.05, 0) is 0 Å². The lowest BCUT2D eigenvalue weighted by Gasteiger charge is -2.45. The van der Waals surface area contributed by atoms with Gasteiger partial charge in [0.25, 0.3) is 0 Å². The molecule has 2 saturated heterocycles. The van der Waals surface area contributed by atoms with E-state index in [9.17, 15) is 35.7 Å². The molecule has 0 radical (unpaired) electrons. The topological polar surface area (TPSA) is 190 Å². The molecule has 2 aliphatic heterocycles. The molecule has 1 unspecified atom stereocenters. The van der Waals surface area contributed by atoms with Crippen LogP contribution in [0.1, 0.15) is 0 Å². The van der Waals surface area contributed by atoms with E-state index < -0.39 is 74.6 Å². The molecule has 10 atom stereocenters. The van der Waals surface area contributed by atoms with Gasteiger partial charge in [-0.25, -0.2) is 0 Å². The first kappa shape index (κ1) is 18.9. The average Bonchev–Trinajstić information content (AvgIpc) is 2.55. The van der Waals surface area contributed by atoms with Gasteiger partial charge < -0.3 is 55.1 Å². The van der Waals surface area contributed by atoms with Crippen molar-refractivity contribution in [2.75, 3.05) is 13.2 Å². The molecule has 0 bridgehead atoms. The van der Waals surface area contributed by atoms with Crippen LogP contribution in [0.25, 0.3) is 0 Å². The van der Waals surface area contributed by atoms with Crippen molar-refractivity contribution in [3.8, 4) is 0 Å². The van der Waals surface area contributed by atoms with Crippen molar-refractivity contribution in [2.45, 2.75) is 61.4 Å². The van der Waals surface area contributed by atoms with Crippen LogP contribution in [0.3, 0.4) is 0 Å². The highest BCUT2D eigenvalue weighted by Gasteiger charge is 2.50. The van der Waals surface area contributed by atoms with Gasteiger partial charge in [0.15, 0.2) is 12.6 Å². The lowest BCUT2D eigenvalue weighted by molar-refractivity contribution is -0.355. The van der Waals surface area contributed by atoms with Crippen molar-refractivity contribution >= 4 is 0 Å². The Hall–Kier alpha value is -0.440. The van der Waals surface area contributed by atoms with Crippen molar-refractivity contribution in [1.82, 2.24) is 0 Å². The van der Waals surface area contributed by atoms with Crippen molar-refractivity contribution in [3.63, 3.8) is 0 Å². The zero-order valence-corrected chi connectivity index (χ0v) is 12.0. The second-order valence-electron chi connectivity index (χ2n) is 5.53. The summed E-state index contributed by atoms with van der Waals surface area (Å²) in [7, 11) is 0. The summed E-state index contributed by atoms with van der Waals surface area (Å²) in [6, 6.07) is 0. The smallest absolute Gasteiger partial charge is 0.187 e. The molecular formula is C12H22O11. The van der Waals surface area contributed by atoms with E-state index in [2.05, 4.69) is 0 Å². The summed E-state index contributed by atoms with van der Waals surface area (Å²) >= 11 is 0. The van der Waals surface area contributed by atoms with Gasteiger partial charge >= 0.3 is 0 Å². The monoisotopic (exact) mass is 342 g/mol. The fourth-order valence-corrected chi connectivity index (χ4v) is 2.57. The van der Waals surface area contributed by atoms with Gasteiger partial charge in [0.1, 0.15) is 48.8 Å². The third-order valence-corrected chi connectivity index (χ3v) is 3.98. The zero-order chi connectivity index (χ0) is 17.3. The molecule has 2 fully saturated rings. The minimum atomic E-state index is -1.74. The summed E-state index contributed by atoms with van der Waals surface area (Å²) in [5, 5.41) is 76.5. The van der Waals surface area contributed by atoms with E-state index >= 15 is 0 Å². The van der Waals surface area contributed by atoms with E-state index in [1.165, 1.54) is 0 Å². The molecule has 0 spiro atoms. The minimum absolute atomic E-state index is 0.667. The molecule has 0 saturated carbocycles. The number of hydrogen-bond acceptors (Lipinski definition) is 11. The first-order chi connectivity index (χ1) is 10.8. The van der Waals surface area contributed by atoms with Gasteiger partial charge in [-0.15, -0.1) is 0 Å². The third-order valence-electron chi connectivity index (χ3n) is 3.98. The van der Waals surface area contributed by atoms with Crippen LogP contribution in [0.4, 0.5) is 0 Å². The van der Waals surface area contributed by atoms with Crippen LogP contribution in [0.5, 0.6) is 0 Å². The maximum Gasteiger partial charge on any atom is 0.187 e. The molecular weight excluding hydrogens is 320 g/mol. The fourth-order valence-electron chi connectivity index (χ4n) is 2.57. The van der Waals surface area contributed by atoms with E-state index in [1.54, 1.807) is 0 Å². The highest BCUT2D eigenvalue weighted by molar-refractivity contribution is 4.93. The maximum absolute atomic E-state index is 9.94. The molecule has 11 heteroatoms. The van der Waals surface area contributed by atoms with Gasteiger partial charge in [-0.2, -0.15) is 0 Å². The summed E-state index contributed by atoms with van der Waals surface area (Å²) < 4.78 is 15.3. The number of aliphatic hydroxyl groups excluding tert-OH is 8. The van der Waals surface area contributed by atoms with Crippen LogP contribution in [0.2, 0.25) is 0 Å². The Labute approximate surface area is 130 Å². The van der Waals surface area contributed by atoms with Gasteiger partial charge in [0.05, 0.1) is 13.2 Å². The normalized spacial score (nSPS) is 51.7. The van der Waals surface area contributed by atoms with Crippen LogP contribution in [-0.4, -0.2) is 115 Å². The molecule has 0 aromatic carbocycles. The Bertz CT molecular complexity index is 378. The predicted molar refractivity (Wildman–Crippen MR) is 68.6 cm³/mol. The lowest BCUT2D eigenvalue weighted by atomic mass is 9.97. The van der Waals surface area contributed by atoms with Crippen LogP contribution >= 0.6 is 0 Å². The quantitative estimate of drug-likeness (QED) is 0.243. The van der Waals surface area contributed by atoms with E-state index in [-0.39, 0.29) is 0 Å². The van der Waals surface area contributed by atoms with E-state index in [0.717, 1.165) is 0 Å². The molecule has 2 heterocycles. The molecule has 0 aromatic rings. The molecule has 0 aliphatic carbocycles. The molecule has 136 valence electrons. The summed E-state index contributed by atoms with van der Waals surface area (Å²) in [4.78, 5) is 0. The average molecular weight is 342 g/mol. The lowest BCUT2D eigenvalue weighted by Crippen LogP contribution is -2.64. The Balaban J connectivity index is 2.11. The number of hydrogen-bond donors (Lipinski definition) is 8. The minimum Gasteiger partial charge on any atom is -0.394 e. The molecule has 2 aliphatic rings.